The van der Waals surface area contributed by atoms with Crippen LogP contribution < -0.4 is 4.90 Å². The molecule has 2 aromatic carbocycles. The molecule has 0 spiro atoms. The molecule has 1 aliphatic rings. The predicted molar refractivity (Wildman–Crippen MR) is 95.9 cm³/mol. The molecule has 9 heteroatoms. The van der Waals surface area contributed by atoms with Crippen LogP contribution in [-0.2, 0) is 11.0 Å². The van der Waals surface area contributed by atoms with Crippen molar-refractivity contribution in [2.45, 2.75) is 18.5 Å². The van der Waals surface area contributed by atoms with Crippen LogP contribution in [0.1, 0.15) is 23.8 Å². The molecule has 0 saturated carbocycles. The Morgan fingerprint density at radius 3 is 2.61 bits per heavy atom. The van der Waals surface area contributed by atoms with E-state index in [1.807, 2.05) is 0 Å². The number of carbonyl (C=O) groups excluding carboxylic acids is 1. The van der Waals surface area contributed by atoms with E-state index in [2.05, 4.69) is 10.1 Å². The summed E-state index contributed by atoms with van der Waals surface area (Å²) >= 11 is 5.86. The van der Waals surface area contributed by atoms with Crippen molar-refractivity contribution in [3.8, 4) is 11.4 Å². The summed E-state index contributed by atoms with van der Waals surface area (Å²) in [6, 6.07) is 11.6. The lowest BCUT2D eigenvalue weighted by Crippen LogP contribution is -2.24. The molecule has 28 heavy (non-hydrogen) atoms. The summed E-state index contributed by atoms with van der Waals surface area (Å²) in [5, 5.41) is 4.50. The van der Waals surface area contributed by atoms with Crippen molar-refractivity contribution in [1.29, 1.82) is 0 Å². The van der Waals surface area contributed by atoms with E-state index in [1.165, 1.54) is 17.0 Å². The second-order valence-corrected chi connectivity index (χ2v) is 6.85. The monoisotopic (exact) mass is 407 g/mol. The second kappa shape index (κ2) is 6.94. The first-order valence-electron chi connectivity index (χ1n) is 8.38. The molecule has 1 aliphatic heterocycles. The Morgan fingerprint density at radius 1 is 1.14 bits per heavy atom. The summed E-state index contributed by atoms with van der Waals surface area (Å²) in [5.41, 5.74) is 0.0993. The summed E-state index contributed by atoms with van der Waals surface area (Å²) in [7, 11) is 0. The van der Waals surface area contributed by atoms with Crippen molar-refractivity contribution in [2.75, 3.05) is 11.4 Å². The van der Waals surface area contributed by atoms with E-state index >= 15 is 0 Å². The molecule has 144 valence electrons. The fraction of sp³-hybridized carbons (Fsp3) is 0.211. The lowest BCUT2D eigenvalue weighted by atomic mass is 10.1. The van der Waals surface area contributed by atoms with Crippen LogP contribution in [0.4, 0.5) is 18.9 Å². The van der Waals surface area contributed by atoms with Crippen molar-refractivity contribution >= 4 is 23.2 Å². The number of hydrogen-bond donors (Lipinski definition) is 0. The summed E-state index contributed by atoms with van der Waals surface area (Å²) in [5.74, 6) is -0.0597. The third-order valence-corrected chi connectivity index (χ3v) is 4.76. The molecule has 3 aromatic rings. The second-order valence-electron chi connectivity index (χ2n) is 6.42. The highest BCUT2D eigenvalue weighted by molar-refractivity contribution is 6.30. The van der Waals surface area contributed by atoms with Crippen molar-refractivity contribution in [2.24, 2.45) is 0 Å². The van der Waals surface area contributed by atoms with Gasteiger partial charge in [-0.15, -0.1) is 0 Å². The van der Waals surface area contributed by atoms with Gasteiger partial charge in [-0.2, -0.15) is 18.2 Å². The van der Waals surface area contributed by atoms with Crippen LogP contribution in [0.2, 0.25) is 5.02 Å². The number of amides is 1. The summed E-state index contributed by atoms with van der Waals surface area (Å²) < 4.78 is 44.1. The molecule has 2 heterocycles. The van der Waals surface area contributed by atoms with E-state index < -0.39 is 17.7 Å². The topological polar surface area (TPSA) is 59.2 Å². The highest BCUT2D eigenvalue weighted by atomic mass is 35.5. The minimum atomic E-state index is -4.47. The van der Waals surface area contributed by atoms with Gasteiger partial charge in [-0.25, -0.2) is 0 Å². The van der Waals surface area contributed by atoms with Crippen molar-refractivity contribution in [3.63, 3.8) is 0 Å². The highest BCUT2D eigenvalue weighted by Gasteiger charge is 2.37. The van der Waals surface area contributed by atoms with Crippen LogP contribution >= 0.6 is 11.6 Å². The third-order valence-electron chi connectivity index (χ3n) is 4.50. The van der Waals surface area contributed by atoms with Gasteiger partial charge in [0.1, 0.15) is 0 Å². The van der Waals surface area contributed by atoms with Gasteiger partial charge >= 0.3 is 6.18 Å². The van der Waals surface area contributed by atoms with Crippen LogP contribution in [0.25, 0.3) is 11.4 Å². The van der Waals surface area contributed by atoms with E-state index in [1.54, 1.807) is 24.3 Å². The normalized spacial score (nSPS) is 17.4. The molecule has 0 aliphatic carbocycles. The van der Waals surface area contributed by atoms with E-state index in [0.717, 1.165) is 12.1 Å². The van der Waals surface area contributed by atoms with Crippen molar-refractivity contribution < 1.29 is 22.5 Å². The molecular weight excluding hydrogens is 395 g/mol. The SMILES string of the molecule is O=C1CC(c2nc(-c3ccc(Cl)cc3)no2)CN1c1cccc(C(F)(F)F)c1. The predicted octanol–water partition coefficient (Wildman–Crippen LogP) is 4.93. The van der Waals surface area contributed by atoms with Crippen LogP contribution in [0.15, 0.2) is 53.1 Å². The Bertz CT molecular complexity index is 1020. The summed E-state index contributed by atoms with van der Waals surface area (Å²) in [6.45, 7) is 0.169. The molecule has 4 rings (SSSR count). The molecular formula is C19H13ClF3N3O2. The smallest absolute Gasteiger partial charge is 0.339 e. The fourth-order valence-electron chi connectivity index (χ4n) is 3.09. The van der Waals surface area contributed by atoms with Gasteiger partial charge in [-0.3, -0.25) is 4.79 Å². The average molecular weight is 408 g/mol. The summed E-state index contributed by atoms with van der Waals surface area (Å²) in [6.07, 6.45) is -4.39. The number of halogens is 4. The maximum atomic E-state index is 12.9. The van der Waals surface area contributed by atoms with Gasteiger partial charge in [0.25, 0.3) is 0 Å². The van der Waals surface area contributed by atoms with Gasteiger partial charge in [0.2, 0.25) is 17.6 Å². The Labute approximate surface area is 162 Å². The molecule has 1 atom stereocenters. The van der Waals surface area contributed by atoms with Crippen molar-refractivity contribution in [1.82, 2.24) is 10.1 Å². The molecule has 5 nitrogen and oxygen atoms in total. The van der Waals surface area contributed by atoms with Gasteiger partial charge < -0.3 is 9.42 Å². The van der Waals surface area contributed by atoms with Gasteiger partial charge in [-0.1, -0.05) is 22.8 Å². The first-order valence-corrected chi connectivity index (χ1v) is 8.76. The number of benzene rings is 2. The maximum Gasteiger partial charge on any atom is 0.416 e. The standard InChI is InChI=1S/C19H13ClF3N3O2/c20-14-6-4-11(5-7-14)17-24-18(28-25-17)12-8-16(27)26(10-12)15-3-1-2-13(9-15)19(21,22)23/h1-7,9,12H,8,10H2. The van der Waals surface area contributed by atoms with Crippen LogP contribution in [-0.4, -0.2) is 22.6 Å². The zero-order valence-electron chi connectivity index (χ0n) is 14.3. The number of hydrogen-bond acceptors (Lipinski definition) is 4. The molecule has 1 unspecified atom stereocenters. The van der Waals surface area contributed by atoms with Crippen molar-refractivity contribution in [3.05, 3.63) is 65.0 Å². The quantitative estimate of drug-likeness (QED) is 0.617. The van der Waals surface area contributed by atoms with Crippen LogP contribution in [0.5, 0.6) is 0 Å². The molecule has 1 amide bonds. The number of carbonyl (C=O) groups is 1. The van der Waals surface area contributed by atoms with E-state index in [-0.39, 0.29) is 30.5 Å². The lowest BCUT2D eigenvalue weighted by Gasteiger charge is -2.17. The first kappa shape index (κ1) is 18.5. The third kappa shape index (κ3) is 3.60. The van der Waals surface area contributed by atoms with Crippen LogP contribution in [0, 0.1) is 0 Å². The molecule has 0 radical (unpaired) electrons. The Hall–Kier alpha value is -2.87. The average Bonchev–Trinajstić information content (AvgIpc) is 3.29. The molecule has 1 aromatic heterocycles. The minimum absolute atomic E-state index is 0.0818. The molecule has 0 bridgehead atoms. The van der Waals surface area contributed by atoms with Crippen LogP contribution in [0.3, 0.4) is 0 Å². The molecule has 1 fully saturated rings. The Balaban J connectivity index is 1.55. The van der Waals surface area contributed by atoms with Gasteiger partial charge in [0.15, 0.2) is 0 Å². The van der Waals surface area contributed by atoms with Gasteiger partial charge in [0.05, 0.1) is 11.5 Å². The first-order chi connectivity index (χ1) is 13.3. The number of anilines is 1. The minimum Gasteiger partial charge on any atom is -0.339 e. The fourth-order valence-corrected chi connectivity index (χ4v) is 3.22. The van der Waals surface area contributed by atoms with E-state index in [4.69, 9.17) is 16.1 Å². The lowest BCUT2D eigenvalue weighted by molar-refractivity contribution is -0.137. The number of rotatable bonds is 3. The highest BCUT2D eigenvalue weighted by Crippen LogP contribution is 2.35. The zero-order valence-corrected chi connectivity index (χ0v) is 15.0. The Morgan fingerprint density at radius 2 is 1.89 bits per heavy atom. The molecule has 0 N–H and O–H groups in total. The summed E-state index contributed by atoms with van der Waals surface area (Å²) in [4.78, 5) is 18.0. The maximum absolute atomic E-state index is 12.9. The van der Waals surface area contributed by atoms with E-state index in [9.17, 15) is 18.0 Å². The molecule has 1 saturated heterocycles. The van der Waals surface area contributed by atoms with Gasteiger partial charge in [-0.05, 0) is 42.5 Å². The van der Waals surface area contributed by atoms with E-state index in [0.29, 0.717) is 16.4 Å². The Kier molecular flexibility index (Phi) is 4.58. The zero-order chi connectivity index (χ0) is 19.9. The largest absolute Gasteiger partial charge is 0.416 e. The number of aromatic nitrogens is 2. The number of alkyl halides is 3. The van der Waals surface area contributed by atoms with Gasteiger partial charge in [0, 0.05) is 29.2 Å². The number of nitrogens with zero attached hydrogens (tertiary/aromatic N) is 3.